The maximum absolute atomic E-state index is 12.4. The van der Waals surface area contributed by atoms with Gasteiger partial charge in [0.2, 0.25) is 5.91 Å². The quantitative estimate of drug-likeness (QED) is 0.761. The van der Waals surface area contributed by atoms with Gasteiger partial charge in [0.1, 0.15) is 0 Å². The fourth-order valence-corrected chi connectivity index (χ4v) is 2.20. The Bertz CT molecular complexity index is 269. The molecule has 4 nitrogen and oxygen atoms in total. The second-order valence-corrected chi connectivity index (χ2v) is 5.88. The predicted octanol–water partition coefficient (Wildman–Crippen LogP) is 1.16. The van der Waals surface area contributed by atoms with Crippen molar-refractivity contribution in [2.75, 3.05) is 26.7 Å². The molecule has 0 radical (unpaired) electrons. The molecule has 4 heteroatoms. The first-order valence-electron chi connectivity index (χ1n) is 6.38. The van der Waals surface area contributed by atoms with Crippen LogP contribution < -0.4 is 10.6 Å². The molecule has 1 atom stereocenters. The highest BCUT2D eigenvalue weighted by molar-refractivity contribution is 5.83. The van der Waals surface area contributed by atoms with Crippen LogP contribution in [0.3, 0.4) is 0 Å². The normalized spacial score (nSPS) is 25.3. The average molecular weight is 242 g/mol. The summed E-state index contributed by atoms with van der Waals surface area (Å²) in [4.78, 5) is 12.4. The Kier molecular flexibility index (Phi) is 4.55. The minimum absolute atomic E-state index is 0.155. The number of nitrogens with one attached hydrogen (secondary N) is 2. The van der Waals surface area contributed by atoms with E-state index in [1.165, 1.54) is 0 Å². The zero-order valence-corrected chi connectivity index (χ0v) is 11.7. The van der Waals surface area contributed by atoms with Crippen molar-refractivity contribution >= 4 is 5.91 Å². The van der Waals surface area contributed by atoms with Crippen LogP contribution in [0.15, 0.2) is 0 Å². The van der Waals surface area contributed by atoms with Crippen molar-refractivity contribution in [1.82, 2.24) is 10.6 Å². The van der Waals surface area contributed by atoms with Crippen LogP contribution in [-0.4, -0.2) is 38.3 Å². The summed E-state index contributed by atoms with van der Waals surface area (Å²) in [5, 5.41) is 6.33. The van der Waals surface area contributed by atoms with Crippen molar-refractivity contribution in [2.24, 2.45) is 11.3 Å². The number of hydrogen-bond acceptors (Lipinski definition) is 3. The molecule has 1 aliphatic heterocycles. The van der Waals surface area contributed by atoms with Gasteiger partial charge in [0, 0.05) is 20.2 Å². The molecule has 0 aromatic carbocycles. The molecule has 0 aliphatic carbocycles. The minimum Gasteiger partial charge on any atom is -0.377 e. The number of carbonyl (C=O) groups is 1. The predicted molar refractivity (Wildman–Crippen MR) is 68.9 cm³/mol. The van der Waals surface area contributed by atoms with Gasteiger partial charge in [-0.05, 0) is 32.7 Å². The molecule has 1 heterocycles. The van der Waals surface area contributed by atoms with Gasteiger partial charge < -0.3 is 15.4 Å². The van der Waals surface area contributed by atoms with Gasteiger partial charge in [-0.1, -0.05) is 13.8 Å². The summed E-state index contributed by atoms with van der Waals surface area (Å²) in [7, 11) is 1.67. The number of rotatable bonds is 5. The Morgan fingerprint density at radius 1 is 1.53 bits per heavy atom. The summed E-state index contributed by atoms with van der Waals surface area (Å²) in [6.07, 6.45) is 0.921. The second-order valence-electron chi connectivity index (χ2n) is 5.88. The molecular weight excluding hydrogens is 216 g/mol. The molecule has 1 amide bonds. The molecular formula is C13H26N2O2. The lowest BCUT2D eigenvalue weighted by Gasteiger charge is -2.33. The third-order valence-electron chi connectivity index (χ3n) is 3.97. The average Bonchev–Trinajstić information content (AvgIpc) is 2.76. The van der Waals surface area contributed by atoms with E-state index < -0.39 is 0 Å². The van der Waals surface area contributed by atoms with Crippen molar-refractivity contribution in [3.05, 3.63) is 0 Å². The lowest BCUT2D eigenvalue weighted by Crippen LogP contribution is -2.50. The van der Waals surface area contributed by atoms with Gasteiger partial charge in [0.25, 0.3) is 0 Å². The van der Waals surface area contributed by atoms with E-state index in [0.717, 1.165) is 19.5 Å². The summed E-state index contributed by atoms with van der Waals surface area (Å²) in [6.45, 7) is 10.5. The summed E-state index contributed by atoms with van der Waals surface area (Å²) < 4.78 is 5.31. The van der Waals surface area contributed by atoms with E-state index in [2.05, 4.69) is 24.5 Å². The highest BCUT2D eigenvalue weighted by Crippen LogP contribution is 2.34. The molecule has 0 bridgehead atoms. The maximum Gasteiger partial charge on any atom is 0.227 e. The van der Waals surface area contributed by atoms with E-state index in [9.17, 15) is 4.79 Å². The van der Waals surface area contributed by atoms with E-state index >= 15 is 0 Å². The molecule has 1 rings (SSSR count). The topological polar surface area (TPSA) is 50.4 Å². The smallest absolute Gasteiger partial charge is 0.227 e. The highest BCUT2D eigenvalue weighted by Gasteiger charge is 2.44. The van der Waals surface area contributed by atoms with Gasteiger partial charge in [-0.2, -0.15) is 0 Å². The van der Waals surface area contributed by atoms with E-state index in [-0.39, 0.29) is 16.9 Å². The Balaban J connectivity index is 2.62. The standard InChI is InChI=1S/C13H26N2O2/c1-10(2)13(6-7-14-9-13)11(16)15-8-12(3,4)17-5/h10,14H,6-9H2,1-5H3,(H,15,16). The first kappa shape index (κ1) is 14.5. The van der Waals surface area contributed by atoms with Crippen LogP contribution in [0, 0.1) is 11.3 Å². The molecule has 1 aliphatic rings. The number of ether oxygens (including phenoxy) is 1. The fraction of sp³-hybridized carbons (Fsp3) is 0.923. The van der Waals surface area contributed by atoms with Crippen LogP contribution in [0.5, 0.6) is 0 Å². The third kappa shape index (κ3) is 3.19. The third-order valence-corrected chi connectivity index (χ3v) is 3.97. The van der Waals surface area contributed by atoms with Crippen LogP contribution >= 0.6 is 0 Å². The molecule has 0 saturated carbocycles. The first-order valence-corrected chi connectivity index (χ1v) is 6.38. The van der Waals surface area contributed by atoms with E-state index in [1.807, 2.05) is 13.8 Å². The van der Waals surface area contributed by atoms with Crippen LogP contribution in [0.25, 0.3) is 0 Å². The molecule has 17 heavy (non-hydrogen) atoms. The molecule has 2 N–H and O–H groups in total. The summed E-state index contributed by atoms with van der Waals surface area (Å²) in [5.41, 5.74) is -0.552. The SMILES string of the molecule is COC(C)(C)CNC(=O)C1(C(C)C)CCNC1. The molecule has 1 saturated heterocycles. The van der Waals surface area contributed by atoms with Crippen LogP contribution in [0.2, 0.25) is 0 Å². The Morgan fingerprint density at radius 3 is 2.59 bits per heavy atom. The first-order chi connectivity index (χ1) is 7.84. The lowest BCUT2D eigenvalue weighted by molar-refractivity contribution is -0.133. The van der Waals surface area contributed by atoms with Crippen molar-refractivity contribution in [3.8, 4) is 0 Å². The van der Waals surface area contributed by atoms with Gasteiger partial charge in [0.05, 0.1) is 11.0 Å². The van der Waals surface area contributed by atoms with Gasteiger partial charge in [-0.15, -0.1) is 0 Å². The van der Waals surface area contributed by atoms with Crippen LogP contribution in [-0.2, 0) is 9.53 Å². The Hall–Kier alpha value is -0.610. The largest absolute Gasteiger partial charge is 0.377 e. The van der Waals surface area contributed by atoms with Crippen molar-refractivity contribution in [1.29, 1.82) is 0 Å². The maximum atomic E-state index is 12.4. The molecule has 1 fully saturated rings. The number of carbonyl (C=O) groups excluding carboxylic acids is 1. The summed E-state index contributed by atoms with van der Waals surface area (Å²) in [6, 6.07) is 0. The number of hydrogen-bond donors (Lipinski definition) is 2. The highest BCUT2D eigenvalue weighted by atomic mass is 16.5. The molecule has 100 valence electrons. The molecule has 0 aromatic rings. The second kappa shape index (κ2) is 5.36. The Morgan fingerprint density at radius 2 is 2.18 bits per heavy atom. The molecule has 0 spiro atoms. The van der Waals surface area contributed by atoms with Crippen LogP contribution in [0.4, 0.5) is 0 Å². The van der Waals surface area contributed by atoms with Crippen molar-refractivity contribution in [2.45, 2.75) is 39.7 Å². The fourth-order valence-electron chi connectivity index (χ4n) is 2.20. The van der Waals surface area contributed by atoms with Gasteiger partial charge >= 0.3 is 0 Å². The molecule has 1 unspecified atom stereocenters. The minimum atomic E-state index is -0.306. The Labute approximate surface area is 104 Å². The van der Waals surface area contributed by atoms with Crippen LogP contribution in [0.1, 0.15) is 34.1 Å². The van der Waals surface area contributed by atoms with E-state index in [0.29, 0.717) is 12.5 Å². The number of methoxy groups -OCH3 is 1. The van der Waals surface area contributed by atoms with Crippen molar-refractivity contribution in [3.63, 3.8) is 0 Å². The zero-order valence-electron chi connectivity index (χ0n) is 11.7. The zero-order chi connectivity index (χ0) is 13.1. The van der Waals surface area contributed by atoms with Gasteiger partial charge in [-0.3, -0.25) is 4.79 Å². The summed E-state index contributed by atoms with van der Waals surface area (Å²) >= 11 is 0. The van der Waals surface area contributed by atoms with Gasteiger partial charge in [0.15, 0.2) is 0 Å². The van der Waals surface area contributed by atoms with E-state index in [1.54, 1.807) is 7.11 Å². The lowest BCUT2D eigenvalue weighted by atomic mass is 9.75. The number of amides is 1. The summed E-state index contributed by atoms with van der Waals surface area (Å²) in [5.74, 6) is 0.505. The molecule has 0 aromatic heterocycles. The monoisotopic (exact) mass is 242 g/mol. The van der Waals surface area contributed by atoms with Gasteiger partial charge in [-0.25, -0.2) is 0 Å². The van der Waals surface area contributed by atoms with E-state index in [4.69, 9.17) is 4.74 Å². The van der Waals surface area contributed by atoms with Crippen molar-refractivity contribution < 1.29 is 9.53 Å².